The molecule has 1 fully saturated rings. The topological polar surface area (TPSA) is 15.3 Å². The van der Waals surface area contributed by atoms with Gasteiger partial charge in [-0.05, 0) is 44.4 Å². The van der Waals surface area contributed by atoms with E-state index < -0.39 is 0 Å². The minimum Gasteiger partial charge on any atom is -0.370 e. The zero-order chi connectivity index (χ0) is 11.4. The summed E-state index contributed by atoms with van der Waals surface area (Å²) in [7, 11) is 0. The molecule has 1 aliphatic rings. The van der Waals surface area contributed by atoms with Crippen molar-refractivity contribution in [3.8, 4) is 0 Å². The maximum atomic E-state index is 3.48. The second kappa shape index (κ2) is 5.35. The van der Waals surface area contributed by atoms with Crippen molar-refractivity contribution in [1.82, 2.24) is 5.32 Å². The molecule has 88 valence electrons. The first kappa shape index (κ1) is 11.5. The highest BCUT2D eigenvalue weighted by Gasteiger charge is 2.12. The Bertz CT molecular complexity index is 318. The van der Waals surface area contributed by atoms with Gasteiger partial charge in [0, 0.05) is 25.3 Å². The summed E-state index contributed by atoms with van der Waals surface area (Å²) in [4.78, 5) is 2.54. The Morgan fingerprint density at radius 3 is 2.50 bits per heavy atom. The highest BCUT2D eigenvalue weighted by Crippen LogP contribution is 2.24. The molecule has 2 rings (SSSR count). The highest BCUT2D eigenvalue weighted by atomic mass is 15.1. The number of nitrogens with one attached hydrogen (secondary N) is 1. The van der Waals surface area contributed by atoms with Crippen molar-refractivity contribution < 1.29 is 0 Å². The molecule has 1 N–H and O–H groups in total. The lowest BCUT2D eigenvalue weighted by Crippen LogP contribution is -2.36. The fourth-order valence-corrected chi connectivity index (χ4v) is 2.53. The van der Waals surface area contributed by atoms with Gasteiger partial charge in [0.2, 0.25) is 0 Å². The molecule has 2 nitrogen and oxygen atoms in total. The van der Waals surface area contributed by atoms with E-state index in [1.165, 1.54) is 42.7 Å². The van der Waals surface area contributed by atoms with Gasteiger partial charge in [-0.2, -0.15) is 0 Å². The summed E-state index contributed by atoms with van der Waals surface area (Å²) < 4.78 is 0. The fourth-order valence-electron chi connectivity index (χ4n) is 2.53. The van der Waals surface area contributed by atoms with Crippen LogP contribution in [0.5, 0.6) is 0 Å². The monoisotopic (exact) mass is 218 g/mol. The van der Waals surface area contributed by atoms with Crippen LogP contribution in [0.1, 0.15) is 24.0 Å². The Hall–Kier alpha value is -1.02. The van der Waals surface area contributed by atoms with Gasteiger partial charge >= 0.3 is 0 Å². The zero-order valence-corrected chi connectivity index (χ0v) is 10.4. The molecule has 0 radical (unpaired) electrons. The Labute approximate surface area is 98.7 Å². The fraction of sp³-hybridized carbons (Fsp3) is 0.571. The molecule has 0 aromatic heterocycles. The van der Waals surface area contributed by atoms with Crippen LogP contribution in [0.2, 0.25) is 0 Å². The van der Waals surface area contributed by atoms with Gasteiger partial charge in [-0.25, -0.2) is 0 Å². The minimum absolute atomic E-state index is 1.10. The van der Waals surface area contributed by atoms with E-state index in [2.05, 4.69) is 42.3 Å². The van der Waals surface area contributed by atoms with Gasteiger partial charge < -0.3 is 10.2 Å². The second-order valence-electron chi connectivity index (χ2n) is 4.68. The van der Waals surface area contributed by atoms with Crippen molar-refractivity contribution in [2.45, 2.75) is 26.7 Å². The van der Waals surface area contributed by atoms with Gasteiger partial charge in [-0.3, -0.25) is 0 Å². The molecule has 1 heterocycles. The number of nitrogens with zero attached hydrogens (tertiary/aromatic N) is 1. The first-order valence-electron chi connectivity index (χ1n) is 6.31. The first-order chi connectivity index (χ1) is 7.79. The number of anilines is 1. The summed E-state index contributed by atoms with van der Waals surface area (Å²) in [6.45, 7) is 9.05. The summed E-state index contributed by atoms with van der Waals surface area (Å²) >= 11 is 0. The van der Waals surface area contributed by atoms with Crippen molar-refractivity contribution in [3.63, 3.8) is 0 Å². The molecule has 0 saturated carbocycles. The van der Waals surface area contributed by atoms with Gasteiger partial charge in [0.1, 0.15) is 0 Å². The molecular formula is C14H22N2. The van der Waals surface area contributed by atoms with Crippen LogP contribution in [-0.4, -0.2) is 26.2 Å². The van der Waals surface area contributed by atoms with Gasteiger partial charge in [0.15, 0.2) is 0 Å². The lowest BCUT2D eigenvalue weighted by atomic mass is 10.1. The van der Waals surface area contributed by atoms with Crippen LogP contribution in [0.3, 0.4) is 0 Å². The van der Waals surface area contributed by atoms with Crippen molar-refractivity contribution >= 4 is 5.69 Å². The first-order valence-corrected chi connectivity index (χ1v) is 6.31. The predicted octanol–water partition coefficient (Wildman–Crippen LogP) is 2.49. The molecule has 0 spiro atoms. The molecule has 0 unspecified atom stereocenters. The van der Waals surface area contributed by atoms with Crippen molar-refractivity contribution in [2.75, 3.05) is 31.1 Å². The number of hydrogen-bond acceptors (Lipinski definition) is 2. The van der Waals surface area contributed by atoms with Crippen molar-refractivity contribution in [1.29, 1.82) is 0 Å². The highest BCUT2D eigenvalue weighted by molar-refractivity contribution is 5.58. The molecule has 1 aromatic rings. The SMILES string of the molecule is Cc1cccc(C)c1N1CCCCNCC1. The number of rotatable bonds is 1. The summed E-state index contributed by atoms with van der Waals surface area (Å²) in [5, 5.41) is 3.48. The lowest BCUT2D eigenvalue weighted by molar-refractivity contribution is 0.566. The Morgan fingerprint density at radius 1 is 1.00 bits per heavy atom. The maximum Gasteiger partial charge on any atom is 0.0426 e. The van der Waals surface area contributed by atoms with Crippen LogP contribution >= 0.6 is 0 Å². The van der Waals surface area contributed by atoms with Crippen molar-refractivity contribution in [3.05, 3.63) is 29.3 Å². The van der Waals surface area contributed by atoms with Crippen LogP contribution in [-0.2, 0) is 0 Å². The van der Waals surface area contributed by atoms with E-state index in [0.717, 1.165) is 13.1 Å². The average Bonchev–Trinajstić information content (AvgIpc) is 2.20. The third-order valence-corrected chi connectivity index (χ3v) is 3.35. The molecule has 0 bridgehead atoms. The van der Waals surface area contributed by atoms with Crippen LogP contribution in [0.15, 0.2) is 18.2 Å². The van der Waals surface area contributed by atoms with E-state index in [4.69, 9.17) is 0 Å². The summed E-state index contributed by atoms with van der Waals surface area (Å²) in [5.41, 5.74) is 4.26. The predicted molar refractivity (Wildman–Crippen MR) is 70.2 cm³/mol. The second-order valence-corrected chi connectivity index (χ2v) is 4.68. The maximum absolute atomic E-state index is 3.48. The van der Waals surface area contributed by atoms with Gasteiger partial charge in [-0.15, -0.1) is 0 Å². The largest absolute Gasteiger partial charge is 0.370 e. The third kappa shape index (κ3) is 2.56. The molecule has 0 atom stereocenters. The average molecular weight is 218 g/mol. The van der Waals surface area contributed by atoms with Crippen LogP contribution in [0, 0.1) is 13.8 Å². The molecule has 1 aromatic carbocycles. The molecule has 1 aliphatic heterocycles. The molecule has 1 saturated heterocycles. The number of benzene rings is 1. The molecule has 16 heavy (non-hydrogen) atoms. The van der Waals surface area contributed by atoms with E-state index in [-0.39, 0.29) is 0 Å². The van der Waals surface area contributed by atoms with Crippen LogP contribution in [0.4, 0.5) is 5.69 Å². The Kier molecular flexibility index (Phi) is 3.83. The van der Waals surface area contributed by atoms with Crippen LogP contribution < -0.4 is 10.2 Å². The quantitative estimate of drug-likeness (QED) is 0.779. The third-order valence-electron chi connectivity index (χ3n) is 3.35. The minimum atomic E-state index is 1.10. The zero-order valence-electron chi connectivity index (χ0n) is 10.4. The Balaban J connectivity index is 2.20. The normalized spacial score (nSPS) is 18.0. The molecule has 0 amide bonds. The summed E-state index contributed by atoms with van der Waals surface area (Å²) in [5.74, 6) is 0. The summed E-state index contributed by atoms with van der Waals surface area (Å²) in [6.07, 6.45) is 2.59. The number of hydrogen-bond donors (Lipinski definition) is 1. The van der Waals surface area contributed by atoms with Gasteiger partial charge in [-0.1, -0.05) is 18.2 Å². The molecule has 0 aliphatic carbocycles. The van der Waals surface area contributed by atoms with E-state index in [0.29, 0.717) is 0 Å². The van der Waals surface area contributed by atoms with Crippen molar-refractivity contribution in [2.24, 2.45) is 0 Å². The number of para-hydroxylation sites is 1. The van der Waals surface area contributed by atoms with Gasteiger partial charge in [0.05, 0.1) is 0 Å². The summed E-state index contributed by atoms with van der Waals surface area (Å²) in [6, 6.07) is 6.58. The molecule has 2 heteroatoms. The van der Waals surface area contributed by atoms with Crippen LogP contribution in [0.25, 0.3) is 0 Å². The van der Waals surface area contributed by atoms with E-state index in [1.807, 2.05) is 0 Å². The lowest BCUT2D eigenvalue weighted by Gasteiger charge is -2.30. The Morgan fingerprint density at radius 2 is 1.75 bits per heavy atom. The van der Waals surface area contributed by atoms with E-state index in [1.54, 1.807) is 0 Å². The number of aryl methyl sites for hydroxylation is 2. The van der Waals surface area contributed by atoms with E-state index >= 15 is 0 Å². The standard InChI is InChI=1S/C14H22N2/c1-12-6-5-7-13(2)14(12)16-10-4-3-8-15-9-11-16/h5-7,15H,3-4,8-11H2,1-2H3. The molecular weight excluding hydrogens is 196 g/mol. The van der Waals surface area contributed by atoms with Gasteiger partial charge in [0.25, 0.3) is 0 Å². The smallest absolute Gasteiger partial charge is 0.0426 e. The van der Waals surface area contributed by atoms with E-state index in [9.17, 15) is 0 Å².